The molecule has 1 saturated carbocycles. The molecule has 0 aromatic heterocycles. The Kier molecular flexibility index (Phi) is 4.64. The lowest BCUT2D eigenvalue weighted by atomic mass is 9.82. The van der Waals surface area contributed by atoms with E-state index in [1.165, 1.54) is 32.1 Å². The SMILES string of the molecule is CNC(CC(C)CC(C)(C)C)CC1CC1. The molecule has 1 rings (SSSR count). The van der Waals surface area contributed by atoms with E-state index in [0.29, 0.717) is 5.41 Å². The second-order valence-corrected chi connectivity index (χ2v) is 6.77. The topological polar surface area (TPSA) is 12.0 Å². The minimum absolute atomic E-state index is 0.483. The van der Waals surface area contributed by atoms with E-state index in [1.807, 2.05) is 0 Å². The second kappa shape index (κ2) is 5.34. The van der Waals surface area contributed by atoms with Crippen LogP contribution in [0.4, 0.5) is 0 Å². The van der Waals surface area contributed by atoms with Crippen LogP contribution in [0.5, 0.6) is 0 Å². The van der Waals surface area contributed by atoms with Gasteiger partial charge < -0.3 is 5.32 Å². The van der Waals surface area contributed by atoms with Crippen molar-refractivity contribution < 1.29 is 0 Å². The molecule has 2 atom stereocenters. The van der Waals surface area contributed by atoms with Crippen LogP contribution in [0.15, 0.2) is 0 Å². The fourth-order valence-corrected chi connectivity index (χ4v) is 2.70. The Morgan fingerprint density at radius 1 is 1.27 bits per heavy atom. The van der Waals surface area contributed by atoms with Gasteiger partial charge in [-0.2, -0.15) is 0 Å². The number of hydrogen-bond donors (Lipinski definition) is 1. The van der Waals surface area contributed by atoms with Crippen molar-refractivity contribution in [3.8, 4) is 0 Å². The molecule has 0 saturated heterocycles. The van der Waals surface area contributed by atoms with Gasteiger partial charge in [-0.3, -0.25) is 0 Å². The Morgan fingerprint density at radius 2 is 1.87 bits per heavy atom. The summed E-state index contributed by atoms with van der Waals surface area (Å²) in [7, 11) is 2.12. The molecule has 0 heterocycles. The first kappa shape index (κ1) is 13.0. The predicted octanol–water partition coefficient (Wildman–Crippen LogP) is 3.84. The highest BCUT2D eigenvalue weighted by molar-refractivity contribution is 4.81. The molecular weight excluding hydrogens is 182 g/mol. The van der Waals surface area contributed by atoms with E-state index in [2.05, 4.69) is 40.1 Å². The van der Waals surface area contributed by atoms with Gasteiger partial charge >= 0.3 is 0 Å². The van der Waals surface area contributed by atoms with Crippen molar-refractivity contribution in [2.75, 3.05) is 7.05 Å². The van der Waals surface area contributed by atoms with Crippen LogP contribution in [0.25, 0.3) is 0 Å². The minimum Gasteiger partial charge on any atom is -0.317 e. The molecule has 0 aliphatic heterocycles. The van der Waals surface area contributed by atoms with Crippen LogP contribution in [0.1, 0.15) is 59.8 Å². The quantitative estimate of drug-likeness (QED) is 0.704. The zero-order chi connectivity index (χ0) is 11.5. The molecular formula is C14H29N. The molecule has 1 N–H and O–H groups in total. The van der Waals surface area contributed by atoms with Crippen LogP contribution in [-0.2, 0) is 0 Å². The van der Waals surface area contributed by atoms with Gasteiger partial charge in [0, 0.05) is 6.04 Å². The minimum atomic E-state index is 0.483. The summed E-state index contributed by atoms with van der Waals surface area (Å²) in [5.41, 5.74) is 0.483. The first-order valence-corrected chi connectivity index (χ1v) is 6.58. The average Bonchev–Trinajstić information content (AvgIpc) is 2.83. The first-order valence-electron chi connectivity index (χ1n) is 6.58. The van der Waals surface area contributed by atoms with Gasteiger partial charge in [-0.25, -0.2) is 0 Å². The van der Waals surface area contributed by atoms with Gasteiger partial charge in [0.1, 0.15) is 0 Å². The monoisotopic (exact) mass is 211 g/mol. The molecule has 0 bridgehead atoms. The number of nitrogens with one attached hydrogen (secondary N) is 1. The van der Waals surface area contributed by atoms with Gasteiger partial charge in [-0.15, -0.1) is 0 Å². The van der Waals surface area contributed by atoms with Crippen molar-refractivity contribution in [1.82, 2.24) is 5.32 Å². The van der Waals surface area contributed by atoms with E-state index < -0.39 is 0 Å². The molecule has 0 aromatic rings. The molecule has 1 fully saturated rings. The molecule has 1 nitrogen and oxygen atoms in total. The number of hydrogen-bond acceptors (Lipinski definition) is 1. The first-order chi connectivity index (χ1) is 6.90. The van der Waals surface area contributed by atoms with E-state index in [1.54, 1.807) is 0 Å². The van der Waals surface area contributed by atoms with Gasteiger partial charge in [0.2, 0.25) is 0 Å². The van der Waals surface area contributed by atoms with E-state index in [0.717, 1.165) is 17.9 Å². The smallest absolute Gasteiger partial charge is 0.00692 e. The lowest BCUT2D eigenvalue weighted by Crippen LogP contribution is -2.28. The Labute approximate surface area is 96.0 Å². The Bertz CT molecular complexity index is 176. The third-order valence-corrected chi connectivity index (χ3v) is 3.37. The zero-order valence-corrected chi connectivity index (χ0v) is 11.3. The van der Waals surface area contributed by atoms with Crippen molar-refractivity contribution in [3.05, 3.63) is 0 Å². The maximum absolute atomic E-state index is 3.49. The molecule has 1 heteroatoms. The van der Waals surface area contributed by atoms with Crippen molar-refractivity contribution >= 4 is 0 Å². The van der Waals surface area contributed by atoms with Crippen molar-refractivity contribution in [3.63, 3.8) is 0 Å². The molecule has 1 aliphatic rings. The summed E-state index contributed by atoms with van der Waals surface area (Å²) < 4.78 is 0. The van der Waals surface area contributed by atoms with E-state index in [9.17, 15) is 0 Å². The molecule has 90 valence electrons. The lowest BCUT2D eigenvalue weighted by Gasteiger charge is -2.26. The Hall–Kier alpha value is -0.0400. The lowest BCUT2D eigenvalue weighted by molar-refractivity contribution is 0.272. The summed E-state index contributed by atoms with van der Waals surface area (Å²) in [6, 6.07) is 0.759. The average molecular weight is 211 g/mol. The molecule has 15 heavy (non-hydrogen) atoms. The van der Waals surface area contributed by atoms with Crippen LogP contribution in [0, 0.1) is 17.3 Å². The third-order valence-electron chi connectivity index (χ3n) is 3.37. The van der Waals surface area contributed by atoms with Crippen LogP contribution in [-0.4, -0.2) is 13.1 Å². The molecule has 0 amide bonds. The standard InChI is InChI=1S/C14H29N/c1-11(10-14(2,3)4)8-13(15-5)9-12-6-7-12/h11-13,15H,6-10H2,1-5H3. The fraction of sp³-hybridized carbons (Fsp3) is 1.00. The van der Waals surface area contributed by atoms with Gasteiger partial charge in [-0.1, -0.05) is 40.5 Å². The number of rotatable bonds is 6. The zero-order valence-electron chi connectivity index (χ0n) is 11.3. The molecule has 0 spiro atoms. The maximum atomic E-state index is 3.49. The molecule has 2 unspecified atom stereocenters. The molecule has 0 aromatic carbocycles. The van der Waals surface area contributed by atoms with E-state index >= 15 is 0 Å². The predicted molar refractivity (Wildman–Crippen MR) is 68.0 cm³/mol. The van der Waals surface area contributed by atoms with Gasteiger partial charge in [-0.05, 0) is 43.6 Å². The van der Waals surface area contributed by atoms with Crippen LogP contribution in [0.2, 0.25) is 0 Å². The van der Waals surface area contributed by atoms with Crippen molar-refractivity contribution in [2.24, 2.45) is 17.3 Å². The largest absolute Gasteiger partial charge is 0.317 e. The summed E-state index contributed by atoms with van der Waals surface area (Å²) in [6.45, 7) is 9.44. The summed E-state index contributed by atoms with van der Waals surface area (Å²) in [5.74, 6) is 1.89. The normalized spacial score (nSPS) is 21.4. The third kappa shape index (κ3) is 6.19. The Morgan fingerprint density at radius 3 is 2.27 bits per heavy atom. The second-order valence-electron chi connectivity index (χ2n) is 6.77. The Balaban J connectivity index is 2.23. The highest BCUT2D eigenvalue weighted by Gasteiger charge is 2.26. The van der Waals surface area contributed by atoms with Crippen LogP contribution in [0.3, 0.4) is 0 Å². The van der Waals surface area contributed by atoms with Gasteiger partial charge in [0.15, 0.2) is 0 Å². The summed E-state index contributed by atoms with van der Waals surface area (Å²) in [4.78, 5) is 0. The summed E-state index contributed by atoms with van der Waals surface area (Å²) in [6.07, 6.45) is 7.06. The molecule has 1 aliphatic carbocycles. The van der Waals surface area contributed by atoms with E-state index in [4.69, 9.17) is 0 Å². The highest BCUT2D eigenvalue weighted by Crippen LogP contribution is 2.35. The highest BCUT2D eigenvalue weighted by atomic mass is 14.9. The van der Waals surface area contributed by atoms with Gasteiger partial charge in [0.05, 0.1) is 0 Å². The summed E-state index contributed by atoms with van der Waals surface area (Å²) in [5, 5.41) is 3.49. The maximum Gasteiger partial charge on any atom is 0.00692 e. The van der Waals surface area contributed by atoms with Crippen LogP contribution < -0.4 is 5.32 Å². The van der Waals surface area contributed by atoms with Crippen molar-refractivity contribution in [2.45, 2.75) is 65.8 Å². The summed E-state index contributed by atoms with van der Waals surface area (Å²) >= 11 is 0. The van der Waals surface area contributed by atoms with E-state index in [-0.39, 0.29) is 0 Å². The van der Waals surface area contributed by atoms with Crippen molar-refractivity contribution in [1.29, 1.82) is 0 Å². The molecule has 0 radical (unpaired) electrons. The van der Waals surface area contributed by atoms with Gasteiger partial charge in [0.25, 0.3) is 0 Å². The fourth-order valence-electron chi connectivity index (χ4n) is 2.70. The van der Waals surface area contributed by atoms with Crippen LogP contribution >= 0.6 is 0 Å².